The monoisotopic (exact) mass is 596 g/mol. The van der Waals surface area contributed by atoms with Gasteiger partial charge in [-0.25, -0.2) is 13.5 Å². The van der Waals surface area contributed by atoms with Crippen LogP contribution in [0.5, 0.6) is 0 Å². The lowest BCUT2D eigenvalue weighted by Gasteiger charge is -2.30. The highest BCUT2D eigenvalue weighted by molar-refractivity contribution is 7.84. The minimum atomic E-state index is -1.35. The van der Waals surface area contributed by atoms with Gasteiger partial charge in [0.05, 0.1) is 29.7 Å². The van der Waals surface area contributed by atoms with E-state index in [9.17, 15) is 19.2 Å². The predicted octanol–water partition coefficient (Wildman–Crippen LogP) is 3.02. The molecular weight excluding hydrogens is 552 g/mol. The van der Waals surface area contributed by atoms with Crippen LogP contribution in [0.4, 0.5) is 0 Å². The summed E-state index contributed by atoms with van der Waals surface area (Å²) in [6.45, 7) is 14.1. The number of hydrogen-bond donors (Lipinski definition) is 3. The first kappa shape index (κ1) is 32.3. The molecule has 228 valence electrons. The van der Waals surface area contributed by atoms with Crippen molar-refractivity contribution in [3.63, 3.8) is 0 Å². The molecule has 3 heterocycles. The van der Waals surface area contributed by atoms with E-state index < -0.39 is 21.3 Å². The van der Waals surface area contributed by atoms with Gasteiger partial charge in [-0.05, 0) is 77.8 Å². The maximum Gasteiger partial charge on any atom is 0.269 e. The SMILES string of the molecule is CC(C)(O)C#Cc1cccc(-c2nc(C(=O)NCCCN3CCOCC3)cc3c2[C@@H](CCO)N([S@](=O)C(C)(C)C)C3)c1. The van der Waals surface area contributed by atoms with E-state index in [0.29, 0.717) is 36.5 Å². The zero-order valence-electron chi connectivity index (χ0n) is 25.4. The number of aliphatic hydroxyl groups excluding tert-OH is 1. The summed E-state index contributed by atoms with van der Waals surface area (Å²) in [4.78, 5) is 20.6. The largest absolute Gasteiger partial charge is 0.396 e. The number of ether oxygens (including phenoxy) is 1. The van der Waals surface area contributed by atoms with Gasteiger partial charge in [0.2, 0.25) is 0 Å². The molecule has 2 atom stereocenters. The predicted molar refractivity (Wildman–Crippen MR) is 165 cm³/mol. The molecule has 1 amide bonds. The van der Waals surface area contributed by atoms with Gasteiger partial charge in [0.1, 0.15) is 22.3 Å². The Morgan fingerprint density at radius 3 is 2.60 bits per heavy atom. The van der Waals surface area contributed by atoms with Gasteiger partial charge < -0.3 is 20.3 Å². The number of rotatable bonds is 9. The number of morpholine rings is 1. The average Bonchev–Trinajstić information content (AvgIpc) is 3.31. The van der Waals surface area contributed by atoms with Gasteiger partial charge in [0.25, 0.3) is 5.91 Å². The third-order valence-corrected chi connectivity index (χ3v) is 9.07. The summed E-state index contributed by atoms with van der Waals surface area (Å²) >= 11 is 0. The first-order chi connectivity index (χ1) is 19.9. The fourth-order valence-corrected chi connectivity index (χ4v) is 6.60. The molecule has 2 aliphatic rings. The summed E-state index contributed by atoms with van der Waals surface area (Å²) in [5, 5.41) is 23.1. The summed E-state index contributed by atoms with van der Waals surface area (Å²) in [5.74, 6) is 5.62. The van der Waals surface area contributed by atoms with Gasteiger partial charge in [-0.15, -0.1) is 0 Å². The number of carbonyl (C=O) groups excluding carboxylic acids is 1. The van der Waals surface area contributed by atoms with Gasteiger partial charge in [0, 0.05) is 49.5 Å². The normalized spacial score (nSPS) is 18.7. The van der Waals surface area contributed by atoms with Crippen LogP contribution in [0.3, 0.4) is 0 Å². The van der Waals surface area contributed by atoms with E-state index in [0.717, 1.165) is 56.0 Å². The molecule has 4 rings (SSSR count). The van der Waals surface area contributed by atoms with Crippen LogP contribution in [0.2, 0.25) is 0 Å². The Balaban J connectivity index is 1.69. The molecule has 1 fully saturated rings. The number of pyridine rings is 1. The maximum atomic E-state index is 13.6. The lowest BCUT2D eigenvalue weighted by molar-refractivity contribution is 0.0374. The van der Waals surface area contributed by atoms with Crippen molar-refractivity contribution in [2.75, 3.05) is 46.0 Å². The molecule has 0 aliphatic carbocycles. The van der Waals surface area contributed by atoms with Crippen molar-refractivity contribution in [3.8, 4) is 23.1 Å². The van der Waals surface area contributed by atoms with Crippen LogP contribution in [0.1, 0.15) is 80.7 Å². The van der Waals surface area contributed by atoms with E-state index in [4.69, 9.17) is 9.72 Å². The van der Waals surface area contributed by atoms with E-state index in [1.807, 2.05) is 49.3 Å². The van der Waals surface area contributed by atoms with E-state index in [1.54, 1.807) is 19.9 Å². The minimum absolute atomic E-state index is 0.0795. The van der Waals surface area contributed by atoms with Crippen molar-refractivity contribution >= 4 is 16.9 Å². The summed E-state index contributed by atoms with van der Waals surface area (Å²) in [7, 11) is -1.35. The summed E-state index contributed by atoms with van der Waals surface area (Å²) < 4.78 is 20.4. The average molecular weight is 597 g/mol. The Hall–Kier alpha value is -2.65. The molecule has 0 saturated carbocycles. The smallest absolute Gasteiger partial charge is 0.269 e. The molecule has 42 heavy (non-hydrogen) atoms. The molecule has 10 heteroatoms. The highest BCUT2D eigenvalue weighted by Crippen LogP contribution is 2.44. The zero-order chi connectivity index (χ0) is 30.5. The number of amides is 1. The van der Waals surface area contributed by atoms with Crippen LogP contribution in [-0.4, -0.2) is 90.9 Å². The van der Waals surface area contributed by atoms with Crippen LogP contribution in [-0.2, 0) is 22.3 Å². The Bertz CT molecular complexity index is 1350. The van der Waals surface area contributed by atoms with Crippen LogP contribution in [0, 0.1) is 11.8 Å². The molecule has 1 aromatic heterocycles. The Morgan fingerprint density at radius 2 is 1.93 bits per heavy atom. The van der Waals surface area contributed by atoms with Gasteiger partial charge in [-0.3, -0.25) is 9.69 Å². The van der Waals surface area contributed by atoms with Crippen molar-refractivity contribution in [2.24, 2.45) is 0 Å². The molecule has 2 aliphatic heterocycles. The topological polar surface area (TPSA) is 115 Å². The highest BCUT2D eigenvalue weighted by Gasteiger charge is 2.40. The van der Waals surface area contributed by atoms with E-state index in [2.05, 4.69) is 22.1 Å². The van der Waals surface area contributed by atoms with Crippen LogP contribution < -0.4 is 5.32 Å². The van der Waals surface area contributed by atoms with Gasteiger partial charge in [0.15, 0.2) is 0 Å². The number of carbonyl (C=O) groups is 1. The van der Waals surface area contributed by atoms with Crippen LogP contribution >= 0.6 is 0 Å². The number of benzene rings is 1. The third-order valence-electron chi connectivity index (χ3n) is 7.21. The molecule has 1 aromatic carbocycles. The zero-order valence-corrected chi connectivity index (χ0v) is 26.2. The summed E-state index contributed by atoms with van der Waals surface area (Å²) in [5.41, 5.74) is 3.00. The molecule has 9 nitrogen and oxygen atoms in total. The van der Waals surface area contributed by atoms with Crippen molar-refractivity contribution in [2.45, 2.75) is 70.4 Å². The number of nitrogens with one attached hydrogen (secondary N) is 1. The lowest BCUT2D eigenvalue weighted by Crippen LogP contribution is -2.38. The van der Waals surface area contributed by atoms with E-state index in [-0.39, 0.29) is 18.6 Å². The van der Waals surface area contributed by atoms with Crippen molar-refractivity contribution in [3.05, 3.63) is 52.7 Å². The van der Waals surface area contributed by atoms with Gasteiger partial charge >= 0.3 is 0 Å². The third kappa shape index (κ3) is 8.25. The molecule has 0 bridgehead atoms. The first-order valence-corrected chi connectivity index (χ1v) is 15.8. The van der Waals surface area contributed by atoms with Crippen molar-refractivity contribution in [1.29, 1.82) is 0 Å². The van der Waals surface area contributed by atoms with Crippen molar-refractivity contribution in [1.82, 2.24) is 19.5 Å². The second-order valence-corrected chi connectivity index (χ2v) is 14.5. The minimum Gasteiger partial charge on any atom is -0.396 e. The Kier molecular flexibility index (Phi) is 10.6. The number of fused-ring (bicyclic) bond motifs is 1. The second-order valence-electron chi connectivity index (χ2n) is 12.3. The molecule has 1 saturated heterocycles. The Labute approximate surface area is 252 Å². The number of aromatic nitrogens is 1. The van der Waals surface area contributed by atoms with Crippen molar-refractivity contribution < 1.29 is 24.0 Å². The molecule has 0 radical (unpaired) electrons. The van der Waals surface area contributed by atoms with Gasteiger partial charge in [-0.1, -0.05) is 24.0 Å². The lowest BCUT2D eigenvalue weighted by atomic mass is 9.95. The molecule has 3 N–H and O–H groups in total. The highest BCUT2D eigenvalue weighted by atomic mass is 32.2. The summed E-state index contributed by atoms with van der Waals surface area (Å²) in [6, 6.07) is 9.02. The summed E-state index contributed by atoms with van der Waals surface area (Å²) in [6.07, 6.45) is 1.21. The quantitative estimate of drug-likeness (QED) is 0.301. The molecule has 2 aromatic rings. The molecule has 0 spiro atoms. The maximum absolute atomic E-state index is 13.6. The number of nitrogens with zero attached hydrogens (tertiary/aromatic N) is 3. The molecule has 0 unspecified atom stereocenters. The van der Waals surface area contributed by atoms with E-state index in [1.165, 1.54) is 0 Å². The standard InChI is InChI=1S/C32H44N4O5S/c1-31(2,3)42(40)36-22-25-21-26(30(38)33-13-7-14-35-15-18-41-19-16-35)34-29(28(25)27(36)11-17-37)24-9-6-8-23(20-24)10-12-32(4,5)39/h6,8-9,20-21,27,37,39H,7,11,13-19,22H2,1-5H3,(H,33,38)/t27-,42-/m1/s1. The number of hydrogen-bond acceptors (Lipinski definition) is 7. The van der Waals surface area contributed by atoms with Gasteiger partial charge in [-0.2, -0.15) is 0 Å². The molecular formula is C32H44N4O5S. The fraction of sp³-hybridized carbons (Fsp3) is 0.562. The first-order valence-electron chi connectivity index (χ1n) is 14.6. The fourth-order valence-electron chi connectivity index (χ4n) is 5.19. The second kappa shape index (κ2) is 13.8. The van der Waals surface area contributed by atoms with E-state index >= 15 is 0 Å². The number of aliphatic hydroxyl groups is 2. The van der Waals surface area contributed by atoms with Crippen LogP contribution in [0.15, 0.2) is 30.3 Å². The Morgan fingerprint density at radius 1 is 1.19 bits per heavy atom. The van der Waals surface area contributed by atoms with Crippen LogP contribution in [0.25, 0.3) is 11.3 Å².